The Labute approximate surface area is 184 Å². The van der Waals surface area contributed by atoms with Crippen molar-refractivity contribution in [2.24, 2.45) is 0 Å². The number of hydrogen-bond donors (Lipinski definition) is 3. The van der Waals surface area contributed by atoms with Crippen LogP contribution in [0.1, 0.15) is 43.5 Å². The van der Waals surface area contributed by atoms with Gasteiger partial charge in [0.25, 0.3) is 20.2 Å². The van der Waals surface area contributed by atoms with E-state index in [2.05, 4.69) is 0 Å². The van der Waals surface area contributed by atoms with Gasteiger partial charge in [-0.25, -0.2) is 4.79 Å². The Morgan fingerprint density at radius 2 is 1.62 bits per heavy atom. The third kappa shape index (κ3) is 5.98. The van der Waals surface area contributed by atoms with Crippen LogP contribution in [0.5, 0.6) is 0 Å². The number of aliphatic hydroxyl groups is 1. The van der Waals surface area contributed by atoms with Crippen LogP contribution in [0.2, 0.25) is 0 Å². The smallest absolute Gasteiger partial charge is 0.404 e. The summed E-state index contributed by atoms with van der Waals surface area (Å²) in [4.78, 5) is 33.8. The molecule has 0 radical (unpaired) electrons. The van der Waals surface area contributed by atoms with Crippen LogP contribution in [-0.2, 0) is 41.6 Å². The predicted molar refractivity (Wildman–Crippen MR) is 109 cm³/mol. The molecule has 2 unspecified atom stereocenters. The summed E-state index contributed by atoms with van der Waals surface area (Å²) in [5.41, 5.74) is 0.640. The topological polar surface area (TPSA) is 190 Å². The van der Waals surface area contributed by atoms with Crippen molar-refractivity contribution in [2.75, 3.05) is 19.6 Å². The zero-order chi connectivity index (χ0) is 24.4. The number of fused-ring (bicyclic) bond motifs is 3. The van der Waals surface area contributed by atoms with E-state index in [0.717, 1.165) is 24.7 Å². The minimum Gasteiger partial charge on any atom is -0.465 e. The molecule has 0 fully saturated rings. The number of carbonyl (C=O) groups is 3. The van der Waals surface area contributed by atoms with Gasteiger partial charge in [0, 0.05) is 24.6 Å². The van der Waals surface area contributed by atoms with Gasteiger partial charge < -0.3 is 15.5 Å². The third-order valence-corrected chi connectivity index (χ3v) is 5.60. The second kappa shape index (κ2) is 9.46. The summed E-state index contributed by atoms with van der Waals surface area (Å²) in [6, 6.07) is 1.29. The first-order chi connectivity index (χ1) is 14.7. The van der Waals surface area contributed by atoms with E-state index in [1.54, 1.807) is 0 Å². The van der Waals surface area contributed by atoms with E-state index in [1.165, 1.54) is 13.1 Å². The van der Waals surface area contributed by atoms with E-state index in [0.29, 0.717) is 0 Å². The number of amides is 1. The molecule has 0 heterocycles. The summed E-state index contributed by atoms with van der Waals surface area (Å²) in [5.74, 6) is -0.932. The molecule has 3 N–H and O–H groups in total. The molecular formula is C18H21NO11S2. The summed E-state index contributed by atoms with van der Waals surface area (Å²) in [6.45, 7) is -0.573. The molecule has 32 heavy (non-hydrogen) atoms. The molecule has 0 spiro atoms. The Balaban J connectivity index is 0.000000654. The molecule has 0 bridgehead atoms. The zero-order valence-electron chi connectivity index (χ0n) is 17.2. The number of carboxylic acid groups (broad SMARTS) is 1. The summed E-state index contributed by atoms with van der Waals surface area (Å²) < 4.78 is 56.6. The second-order valence-corrected chi connectivity index (χ2v) is 10.1. The Hall–Kier alpha value is -2.65. The molecule has 1 aromatic carbocycles. The van der Waals surface area contributed by atoms with Gasteiger partial charge in [-0.2, -0.15) is 16.8 Å². The van der Waals surface area contributed by atoms with Gasteiger partial charge in [0.2, 0.25) is 0 Å². The summed E-state index contributed by atoms with van der Waals surface area (Å²) in [6.07, 6.45) is -0.0509. The van der Waals surface area contributed by atoms with E-state index in [9.17, 15) is 36.3 Å². The molecule has 2 aliphatic rings. The van der Waals surface area contributed by atoms with Gasteiger partial charge in [-0.3, -0.25) is 18.0 Å². The molecule has 1 aromatic rings. The summed E-state index contributed by atoms with van der Waals surface area (Å²) >= 11 is 0. The molecule has 0 saturated heterocycles. The molecule has 3 rings (SSSR count). The summed E-state index contributed by atoms with van der Waals surface area (Å²) in [5, 5.41) is 19.3. The fourth-order valence-electron chi connectivity index (χ4n) is 3.41. The molecule has 0 aromatic heterocycles. The molecule has 176 valence electrons. The van der Waals surface area contributed by atoms with Crippen LogP contribution in [0.4, 0.5) is 4.79 Å². The van der Waals surface area contributed by atoms with E-state index >= 15 is 0 Å². The maximum atomic E-state index is 12.4. The molecule has 2 aliphatic carbocycles. The van der Waals surface area contributed by atoms with Gasteiger partial charge in [-0.05, 0) is 34.9 Å². The second-order valence-electron chi connectivity index (χ2n) is 6.89. The molecule has 2 atom stereocenters. The lowest BCUT2D eigenvalue weighted by Gasteiger charge is -2.21. The lowest BCUT2D eigenvalue weighted by Crippen LogP contribution is -2.26. The first kappa shape index (κ1) is 25.6. The van der Waals surface area contributed by atoms with Crippen LogP contribution < -0.4 is 5.32 Å². The van der Waals surface area contributed by atoms with E-state index < -0.39 is 56.7 Å². The monoisotopic (exact) mass is 491 g/mol. The van der Waals surface area contributed by atoms with Gasteiger partial charge in [0.1, 0.15) is 12.2 Å². The van der Waals surface area contributed by atoms with Crippen LogP contribution in [-0.4, -0.2) is 70.4 Å². The van der Waals surface area contributed by atoms with Crippen molar-refractivity contribution in [3.63, 3.8) is 0 Å². The van der Waals surface area contributed by atoms with Crippen LogP contribution >= 0.6 is 0 Å². The fourth-order valence-corrected chi connectivity index (χ4v) is 4.63. The van der Waals surface area contributed by atoms with Crippen molar-refractivity contribution >= 4 is 37.9 Å². The van der Waals surface area contributed by atoms with Crippen LogP contribution in [0.25, 0.3) is 0 Å². The normalized spacial score (nSPS) is 19.6. The van der Waals surface area contributed by atoms with E-state index in [1.807, 2.05) is 5.32 Å². The predicted octanol–water partition coefficient (Wildman–Crippen LogP) is -0.0839. The minimum atomic E-state index is -4.03. The van der Waals surface area contributed by atoms with Crippen molar-refractivity contribution in [2.45, 2.75) is 25.2 Å². The maximum absolute atomic E-state index is 12.4. The number of carbonyl (C=O) groups excluding carboxylic acids is 2. The van der Waals surface area contributed by atoms with Crippen molar-refractivity contribution in [3.8, 4) is 0 Å². The molecule has 0 aliphatic heterocycles. The fraction of sp³-hybridized carbons (Fsp3) is 0.389. The maximum Gasteiger partial charge on any atom is 0.404 e. The highest BCUT2D eigenvalue weighted by molar-refractivity contribution is 7.86. The SMILES string of the molecule is CNC(=O)O.CS(=O)(=O)OC1Cc2c3c(cc(CO)c2C1OS(C)(=O)=O)C(=O)C=CC3=O. The zero-order valence-corrected chi connectivity index (χ0v) is 18.8. The number of aliphatic hydroxyl groups excluding tert-OH is 1. The number of rotatable bonds is 5. The number of hydrogen-bond acceptors (Lipinski definition) is 10. The Bertz CT molecular complexity index is 1200. The molecule has 0 saturated carbocycles. The van der Waals surface area contributed by atoms with E-state index in [4.69, 9.17) is 13.5 Å². The minimum absolute atomic E-state index is 0.0383. The lowest BCUT2D eigenvalue weighted by atomic mass is 9.86. The number of nitrogens with one attached hydrogen (secondary N) is 1. The standard InChI is InChI=1S/C16H16O9S2.C2H5NO2/c1-26(20,21)24-13-6-10-14(16(13)25-27(2,22)23)8(7-17)5-9-11(18)3-4-12(19)15(9)10;1-3-2(4)5/h3-5,13,16-17H,6-7H2,1-2H3;3H,1H3,(H,4,5). The average molecular weight is 491 g/mol. The average Bonchev–Trinajstić information content (AvgIpc) is 2.99. The Morgan fingerprint density at radius 3 is 2.09 bits per heavy atom. The molecule has 1 amide bonds. The van der Waals surface area contributed by atoms with Crippen LogP contribution in [0, 0.1) is 0 Å². The number of benzene rings is 1. The number of allylic oxidation sites excluding steroid dienone is 2. The Morgan fingerprint density at radius 1 is 1.09 bits per heavy atom. The van der Waals surface area contributed by atoms with Crippen molar-refractivity contribution in [1.29, 1.82) is 0 Å². The van der Waals surface area contributed by atoms with Gasteiger partial charge in [0.15, 0.2) is 11.6 Å². The lowest BCUT2D eigenvalue weighted by molar-refractivity contribution is 0.0768. The van der Waals surface area contributed by atoms with Gasteiger partial charge in [-0.1, -0.05) is 0 Å². The van der Waals surface area contributed by atoms with Crippen LogP contribution in [0.3, 0.4) is 0 Å². The highest BCUT2D eigenvalue weighted by Crippen LogP contribution is 2.43. The van der Waals surface area contributed by atoms with Crippen molar-refractivity contribution < 1.29 is 49.8 Å². The first-order valence-electron chi connectivity index (χ1n) is 8.92. The Kier molecular flexibility index (Phi) is 7.57. The number of ketones is 2. The van der Waals surface area contributed by atoms with Gasteiger partial charge in [0.05, 0.1) is 19.1 Å². The molecule has 14 heteroatoms. The first-order valence-corrected chi connectivity index (χ1v) is 12.5. The third-order valence-electron chi connectivity index (χ3n) is 4.45. The van der Waals surface area contributed by atoms with E-state index in [-0.39, 0.29) is 34.2 Å². The van der Waals surface area contributed by atoms with Crippen LogP contribution in [0.15, 0.2) is 18.2 Å². The van der Waals surface area contributed by atoms with Gasteiger partial charge in [-0.15, -0.1) is 0 Å². The summed E-state index contributed by atoms with van der Waals surface area (Å²) in [7, 11) is -6.66. The van der Waals surface area contributed by atoms with Crippen molar-refractivity contribution in [1.82, 2.24) is 5.32 Å². The largest absolute Gasteiger partial charge is 0.465 e. The molecular weight excluding hydrogens is 470 g/mol. The van der Waals surface area contributed by atoms with Crippen molar-refractivity contribution in [3.05, 3.63) is 46.0 Å². The highest BCUT2D eigenvalue weighted by atomic mass is 32.2. The quantitative estimate of drug-likeness (QED) is 0.467. The highest BCUT2D eigenvalue weighted by Gasteiger charge is 2.43. The molecule has 12 nitrogen and oxygen atoms in total. The van der Waals surface area contributed by atoms with Gasteiger partial charge >= 0.3 is 6.09 Å².